The molecule has 1 aromatic carbocycles. The van der Waals surface area contributed by atoms with Crippen molar-refractivity contribution in [2.45, 2.75) is 32.1 Å². The van der Waals surface area contributed by atoms with Gasteiger partial charge in [-0.2, -0.15) is 0 Å². The first kappa shape index (κ1) is 14.1. The van der Waals surface area contributed by atoms with Crippen LogP contribution >= 0.6 is 0 Å². The zero-order valence-corrected chi connectivity index (χ0v) is 11.5. The molecule has 0 aromatic heterocycles. The molecule has 3 nitrogen and oxygen atoms in total. The van der Waals surface area contributed by atoms with Crippen molar-refractivity contribution in [2.75, 3.05) is 26.2 Å². The van der Waals surface area contributed by atoms with Gasteiger partial charge in [0.15, 0.2) is 0 Å². The summed E-state index contributed by atoms with van der Waals surface area (Å²) in [5, 5.41) is 0. The second-order valence-corrected chi connectivity index (χ2v) is 5.15. The van der Waals surface area contributed by atoms with Crippen LogP contribution in [0.3, 0.4) is 0 Å². The molecule has 0 saturated carbocycles. The minimum absolute atomic E-state index is 0.0741. The molecule has 2 rings (SSSR count). The summed E-state index contributed by atoms with van der Waals surface area (Å²) in [5.74, 6) is -0.0741. The molecule has 0 N–H and O–H groups in total. The molecular weight excluding hydrogens is 238 g/mol. The predicted octanol–water partition coefficient (Wildman–Crippen LogP) is 2.65. The molecule has 1 aromatic rings. The van der Waals surface area contributed by atoms with Crippen molar-refractivity contribution < 1.29 is 9.53 Å². The van der Waals surface area contributed by atoms with Gasteiger partial charge in [0.05, 0.1) is 13.2 Å². The number of benzene rings is 1. The number of piperidine rings is 1. The van der Waals surface area contributed by atoms with Crippen LogP contribution in [0.4, 0.5) is 0 Å². The summed E-state index contributed by atoms with van der Waals surface area (Å²) >= 11 is 0. The zero-order chi connectivity index (χ0) is 13.3. The van der Waals surface area contributed by atoms with Crippen LogP contribution in [-0.4, -0.2) is 37.1 Å². The number of esters is 1. The number of aryl methyl sites for hydroxylation is 1. The van der Waals surface area contributed by atoms with Gasteiger partial charge in [0.1, 0.15) is 0 Å². The Morgan fingerprint density at radius 3 is 2.58 bits per heavy atom. The van der Waals surface area contributed by atoms with Crippen LogP contribution in [0.25, 0.3) is 0 Å². The number of rotatable bonds is 6. The van der Waals surface area contributed by atoms with Crippen LogP contribution in [0.1, 0.15) is 31.2 Å². The van der Waals surface area contributed by atoms with Gasteiger partial charge in [0.2, 0.25) is 0 Å². The number of carbonyl (C=O) groups excluding carboxylic acids is 1. The summed E-state index contributed by atoms with van der Waals surface area (Å²) in [6, 6.07) is 10.3. The van der Waals surface area contributed by atoms with E-state index in [1.54, 1.807) is 0 Å². The van der Waals surface area contributed by atoms with Gasteiger partial charge >= 0.3 is 5.97 Å². The van der Waals surface area contributed by atoms with E-state index in [0.29, 0.717) is 13.2 Å². The van der Waals surface area contributed by atoms with Gasteiger partial charge in [-0.3, -0.25) is 9.69 Å². The molecule has 1 heterocycles. The number of ether oxygens (including phenoxy) is 1. The van der Waals surface area contributed by atoms with E-state index < -0.39 is 0 Å². The van der Waals surface area contributed by atoms with Crippen LogP contribution in [0, 0.1) is 0 Å². The summed E-state index contributed by atoms with van der Waals surface area (Å²) in [5.41, 5.74) is 1.30. The SMILES string of the molecule is O=C(CN1CCCCC1)OCCCc1ccccc1. The Bertz CT molecular complexity index is 372. The van der Waals surface area contributed by atoms with Gasteiger partial charge in [-0.15, -0.1) is 0 Å². The molecule has 19 heavy (non-hydrogen) atoms. The Hall–Kier alpha value is -1.35. The van der Waals surface area contributed by atoms with Crippen molar-refractivity contribution in [1.29, 1.82) is 0 Å². The zero-order valence-electron chi connectivity index (χ0n) is 11.5. The van der Waals surface area contributed by atoms with Crippen LogP contribution in [0.2, 0.25) is 0 Å². The van der Waals surface area contributed by atoms with Gasteiger partial charge < -0.3 is 4.74 Å². The lowest BCUT2D eigenvalue weighted by molar-refractivity contribution is -0.145. The highest BCUT2D eigenvalue weighted by Crippen LogP contribution is 2.08. The summed E-state index contributed by atoms with van der Waals surface area (Å²) in [4.78, 5) is 13.9. The maximum absolute atomic E-state index is 11.7. The Kier molecular flexibility index (Phi) is 5.89. The molecule has 1 saturated heterocycles. The summed E-state index contributed by atoms with van der Waals surface area (Å²) in [7, 11) is 0. The van der Waals surface area contributed by atoms with Gasteiger partial charge in [0.25, 0.3) is 0 Å². The fourth-order valence-electron chi connectivity index (χ4n) is 2.45. The second kappa shape index (κ2) is 7.95. The Morgan fingerprint density at radius 1 is 1.11 bits per heavy atom. The summed E-state index contributed by atoms with van der Waals surface area (Å²) in [6.07, 6.45) is 5.58. The fourth-order valence-corrected chi connectivity index (χ4v) is 2.45. The van der Waals surface area contributed by atoms with Crippen molar-refractivity contribution in [2.24, 2.45) is 0 Å². The molecule has 1 aliphatic rings. The van der Waals surface area contributed by atoms with Crippen LogP contribution in [0.5, 0.6) is 0 Å². The number of nitrogens with zero attached hydrogens (tertiary/aromatic N) is 1. The standard InChI is InChI=1S/C16H23NO2/c18-16(14-17-11-5-2-6-12-17)19-13-7-10-15-8-3-1-4-9-15/h1,3-4,8-9H,2,5-7,10-14H2. The van der Waals surface area contributed by atoms with Crippen molar-refractivity contribution >= 4 is 5.97 Å². The van der Waals surface area contributed by atoms with Crippen molar-refractivity contribution in [1.82, 2.24) is 4.90 Å². The third-order valence-corrected chi connectivity index (χ3v) is 3.52. The Morgan fingerprint density at radius 2 is 1.84 bits per heavy atom. The Balaban J connectivity index is 1.56. The van der Waals surface area contributed by atoms with Crippen molar-refractivity contribution in [3.8, 4) is 0 Å². The topological polar surface area (TPSA) is 29.5 Å². The number of likely N-dealkylation sites (tertiary alicyclic amines) is 1. The van der Waals surface area contributed by atoms with E-state index in [4.69, 9.17) is 4.74 Å². The van der Waals surface area contributed by atoms with E-state index in [1.807, 2.05) is 18.2 Å². The minimum atomic E-state index is -0.0741. The van der Waals surface area contributed by atoms with E-state index in [1.165, 1.54) is 24.8 Å². The molecule has 1 fully saturated rings. The lowest BCUT2D eigenvalue weighted by Crippen LogP contribution is -2.35. The fraction of sp³-hybridized carbons (Fsp3) is 0.562. The molecule has 0 bridgehead atoms. The molecule has 3 heteroatoms. The largest absolute Gasteiger partial charge is 0.465 e. The van der Waals surface area contributed by atoms with Gasteiger partial charge in [-0.25, -0.2) is 0 Å². The smallest absolute Gasteiger partial charge is 0.320 e. The maximum atomic E-state index is 11.7. The molecule has 0 radical (unpaired) electrons. The molecule has 104 valence electrons. The summed E-state index contributed by atoms with van der Waals surface area (Å²) in [6.45, 7) is 3.07. The van der Waals surface area contributed by atoms with E-state index >= 15 is 0 Å². The quantitative estimate of drug-likeness (QED) is 0.582. The first-order valence-electron chi connectivity index (χ1n) is 7.26. The number of hydrogen-bond donors (Lipinski definition) is 0. The van der Waals surface area contributed by atoms with Crippen molar-refractivity contribution in [3.63, 3.8) is 0 Å². The van der Waals surface area contributed by atoms with E-state index in [0.717, 1.165) is 25.9 Å². The Labute approximate surface area is 115 Å². The molecular formula is C16H23NO2. The molecule has 1 aliphatic heterocycles. The first-order valence-corrected chi connectivity index (χ1v) is 7.26. The lowest BCUT2D eigenvalue weighted by Gasteiger charge is -2.25. The van der Waals surface area contributed by atoms with Gasteiger partial charge in [-0.1, -0.05) is 36.8 Å². The van der Waals surface area contributed by atoms with Crippen LogP contribution in [-0.2, 0) is 16.0 Å². The normalized spacial score (nSPS) is 16.2. The minimum Gasteiger partial charge on any atom is -0.465 e. The van der Waals surface area contributed by atoms with Crippen molar-refractivity contribution in [3.05, 3.63) is 35.9 Å². The summed E-state index contributed by atoms with van der Waals surface area (Å²) < 4.78 is 5.29. The number of carbonyl (C=O) groups is 1. The second-order valence-electron chi connectivity index (χ2n) is 5.15. The molecule has 0 aliphatic carbocycles. The highest BCUT2D eigenvalue weighted by Gasteiger charge is 2.14. The van der Waals surface area contributed by atoms with E-state index in [-0.39, 0.29) is 5.97 Å². The molecule has 0 atom stereocenters. The van der Waals surface area contributed by atoms with Gasteiger partial charge in [0, 0.05) is 0 Å². The monoisotopic (exact) mass is 261 g/mol. The van der Waals surface area contributed by atoms with E-state index in [9.17, 15) is 4.79 Å². The first-order chi connectivity index (χ1) is 9.34. The maximum Gasteiger partial charge on any atom is 0.320 e. The molecule has 0 unspecified atom stereocenters. The predicted molar refractivity (Wildman–Crippen MR) is 76.0 cm³/mol. The highest BCUT2D eigenvalue weighted by atomic mass is 16.5. The van der Waals surface area contributed by atoms with E-state index in [2.05, 4.69) is 17.0 Å². The van der Waals surface area contributed by atoms with Crippen LogP contribution < -0.4 is 0 Å². The molecule has 0 amide bonds. The number of hydrogen-bond acceptors (Lipinski definition) is 3. The highest BCUT2D eigenvalue weighted by molar-refractivity contribution is 5.71. The molecule has 0 spiro atoms. The third-order valence-electron chi connectivity index (χ3n) is 3.52. The van der Waals surface area contributed by atoms with Crippen LogP contribution in [0.15, 0.2) is 30.3 Å². The average molecular weight is 261 g/mol. The third kappa shape index (κ3) is 5.43. The average Bonchev–Trinajstić information content (AvgIpc) is 2.46. The lowest BCUT2D eigenvalue weighted by atomic mass is 10.1. The van der Waals surface area contributed by atoms with Gasteiger partial charge in [-0.05, 0) is 44.3 Å².